The summed E-state index contributed by atoms with van der Waals surface area (Å²) < 4.78 is 32.4. The van der Waals surface area contributed by atoms with E-state index in [9.17, 15) is 13.5 Å². The molecule has 114 valence electrons. The number of hydrogen-bond donors (Lipinski definition) is 2. The van der Waals surface area contributed by atoms with Gasteiger partial charge in [0.2, 0.25) is 10.0 Å². The van der Waals surface area contributed by atoms with E-state index in [1.807, 2.05) is 13.8 Å². The van der Waals surface area contributed by atoms with Gasteiger partial charge in [0.15, 0.2) is 0 Å². The Morgan fingerprint density at radius 2 is 2.10 bits per heavy atom. The zero-order valence-corrected chi connectivity index (χ0v) is 13.3. The Morgan fingerprint density at radius 1 is 1.45 bits per heavy atom. The first-order chi connectivity index (χ1) is 9.37. The van der Waals surface area contributed by atoms with Gasteiger partial charge in [-0.25, -0.2) is 13.1 Å². The van der Waals surface area contributed by atoms with E-state index in [0.29, 0.717) is 0 Å². The zero-order chi connectivity index (χ0) is 15.3. The molecule has 0 aromatic heterocycles. The molecule has 0 amide bonds. The number of sulfonamides is 1. The summed E-state index contributed by atoms with van der Waals surface area (Å²) in [5, 5.41) is 9.42. The molecule has 1 rings (SSSR count). The smallest absolute Gasteiger partial charge is 0.246 e. The highest BCUT2D eigenvalue weighted by molar-refractivity contribution is 7.89. The number of rotatable bonds is 7. The lowest BCUT2D eigenvalue weighted by Crippen LogP contribution is -2.42. The molecule has 0 fully saturated rings. The highest BCUT2D eigenvalue weighted by atomic mass is 35.5. The van der Waals surface area contributed by atoms with E-state index in [-0.39, 0.29) is 28.2 Å². The number of halogens is 1. The molecular formula is C13H20ClNO4S. The number of hydrogen-bond acceptors (Lipinski definition) is 4. The van der Waals surface area contributed by atoms with Gasteiger partial charge in [0, 0.05) is 6.04 Å². The zero-order valence-electron chi connectivity index (χ0n) is 11.8. The molecule has 1 aromatic rings. The highest BCUT2D eigenvalue weighted by Gasteiger charge is 2.27. The monoisotopic (exact) mass is 321 g/mol. The molecule has 0 unspecified atom stereocenters. The molecule has 7 heteroatoms. The molecule has 0 spiro atoms. The molecule has 2 N–H and O–H groups in total. The van der Waals surface area contributed by atoms with Crippen LogP contribution < -0.4 is 9.46 Å². The van der Waals surface area contributed by atoms with E-state index >= 15 is 0 Å². The molecule has 0 saturated carbocycles. The van der Waals surface area contributed by atoms with E-state index in [1.54, 1.807) is 6.07 Å². The van der Waals surface area contributed by atoms with Gasteiger partial charge in [-0.1, -0.05) is 37.9 Å². The highest BCUT2D eigenvalue weighted by Crippen LogP contribution is 2.31. The van der Waals surface area contributed by atoms with Crippen molar-refractivity contribution in [2.75, 3.05) is 13.7 Å². The standard InChI is InChI=1S/C13H20ClNO4S/c1-4-9(2)11(8-16)15-20(17,18)13-10(14)6-5-7-12(13)19-3/h5-7,9,11,15-16H,4,8H2,1-3H3/t9-,11+/m0/s1. The third kappa shape index (κ3) is 3.85. The second kappa shape index (κ2) is 7.26. The Hall–Kier alpha value is -0.820. The first-order valence-electron chi connectivity index (χ1n) is 6.33. The molecule has 5 nitrogen and oxygen atoms in total. The van der Waals surface area contributed by atoms with Crippen LogP contribution in [-0.4, -0.2) is 33.3 Å². The van der Waals surface area contributed by atoms with E-state index in [2.05, 4.69) is 4.72 Å². The fourth-order valence-corrected chi connectivity index (χ4v) is 3.82. The normalized spacial score (nSPS) is 14.8. The first kappa shape index (κ1) is 17.2. The van der Waals surface area contributed by atoms with Gasteiger partial charge in [0.1, 0.15) is 10.6 Å². The summed E-state index contributed by atoms with van der Waals surface area (Å²) in [6, 6.07) is 4.05. The lowest BCUT2D eigenvalue weighted by molar-refractivity contribution is 0.219. The van der Waals surface area contributed by atoms with Crippen molar-refractivity contribution >= 4 is 21.6 Å². The Morgan fingerprint density at radius 3 is 2.60 bits per heavy atom. The van der Waals surface area contributed by atoms with Crippen molar-refractivity contribution in [1.29, 1.82) is 0 Å². The van der Waals surface area contributed by atoms with E-state index < -0.39 is 16.1 Å². The fraction of sp³-hybridized carbons (Fsp3) is 0.538. The predicted octanol–water partition coefficient (Wildman–Crippen LogP) is 2.03. The van der Waals surface area contributed by atoms with Crippen molar-refractivity contribution in [3.8, 4) is 5.75 Å². The molecular weight excluding hydrogens is 302 g/mol. The molecule has 0 heterocycles. The molecule has 0 aliphatic rings. The van der Waals surface area contributed by atoms with Crippen molar-refractivity contribution in [3.05, 3.63) is 23.2 Å². The summed E-state index contributed by atoms with van der Waals surface area (Å²) in [6.07, 6.45) is 0.743. The van der Waals surface area contributed by atoms with Crippen LogP contribution in [0.5, 0.6) is 5.75 Å². The minimum absolute atomic E-state index is 0.00302. The summed E-state index contributed by atoms with van der Waals surface area (Å²) >= 11 is 5.97. The minimum Gasteiger partial charge on any atom is -0.495 e. The SMILES string of the molecule is CC[C@H](C)[C@@H](CO)NS(=O)(=O)c1c(Cl)cccc1OC. The summed E-state index contributed by atoms with van der Waals surface area (Å²) in [7, 11) is -2.49. The predicted molar refractivity (Wildman–Crippen MR) is 78.7 cm³/mol. The number of benzene rings is 1. The number of ether oxygens (including phenoxy) is 1. The number of methoxy groups -OCH3 is 1. The van der Waals surface area contributed by atoms with Gasteiger partial charge in [-0.05, 0) is 18.1 Å². The molecule has 0 saturated heterocycles. The molecule has 0 aliphatic carbocycles. The lowest BCUT2D eigenvalue weighted by Gasteiger charge is -2.22. The Labute approximate surface area is 125 Å². The maximum atomic E-state index is 12.4. The van der Waals surface area contributed by atoms with Gasteiger partial charge in [0.25, 0.3) is 0 Å². The van der Waals surface area contributed by atoms with Crippen LogP contribution in [0.2, 0.25) is 5.02 Å². The van der Waals surface area contributed by atoms with Crippen LogP contribution >= 0.6 is 11.6 Å². The Balaban J connectivity index is 3.17. The summed E-state index contributed by atoms with van der Waals surface area (Å²) in [5.41, 5.74) is 0. The maximum absolute atomic E-state index is 12.4. The molecule has 0 aliphatic heterocycles. The van der Waals surface area contributed by atoms with Crippen molar-refractivity contribution in [2.45, 2.75) is 31.2 Å². The molecule has 0 radical (unpaired) electrons. The van der Waals surface area contributed by atoms with Gasteiger partial charge in [0.05, 0.1) is 18.7 Å². The topological polar surface area (TPSA) is 75.6 Å². The van der Waals surface area contributed by atoms with Gasteiger partial charge in [-0.15, -0.1) is 0 Å². The van der Waals surface area contributed by atoms with Crippen LogP contribution in [-0.2, 0) is 10.0 Å². The van der Waals surface area contributed by atoms with Crippen LogP contribution in [0.3, 0.4) is 0 Å². The van der Waals surface area contributed by atoms with Crippen molar-refractivity contribution in [3.63, 3.8) is 0 Å². The number of nitrogens with one attached hydrogen (secondary N) is 1. The number of aliphatic hydroxyl groups is 1. The summed E-state index contributed by atoms with van der Waals surface area (Å²) in [5.74, 6) is 0.175. The van der Waals surface area contributed by atoms with E-state index in [1.165, 1.54) is 19.2 Å². The lowest BCUT2D eigenvalue weighted by atomic mass is 10.0. The average Bonchev–Trinajstić information content (AvgIpc) is 2.43. The Kier molecular flexibility index (Phi) is 6.26. The largest absolute Gasteiger partial charge is 0.495 e. The first-order valence-corrected chi connectivity index (χ1v) is 8.19. The molecule has 0 bridgehead atoms. The summed E-state index contributed by atoms with van der Waals surface area (Å²) in [4.78, 5) is -0.106. The average molecular weight is 322 g/mol. The van der Waals surface area contributed by atoms with Crippen LogP contribution in [0.15, 0.2) is 23.1 Å². The van der Waals surface area contributed by atoms with Crippen LogP contribution in [0.1, 0.15) is 20.3 Å². The second-order valence-electron chi connectivity index (χ2n) is 4.57. The van der Waals surface area contributed by atoms with Crippen LogP contribution in [0.4, 0.5) is 0 Å². The van der Waals surface area contributed by atoms with Crippen LogP contribution in [0, 0.1) is 5.92 Å². The van der Waals surface area contributed by atoms with Crippen LogP contribution in [0.25, 0.3) is 0 Å². The number of aliphatic hydroxyl groups excluding tert-OH is 1. The molecule has 1 aromatic carbocycles. The van der Waals surface area contributed by atoms with E-state index in [4.69, 9.17) is 16.3 Å². The van der Waals surface area contributed by atoms with Crippen molar-refractivity contribution in [1.82, 2.24) is 4.72 Å². The molecule has 2 atom stereocenters. The third-order valence-electron chi connectivity index (χ3n) is 3.25. The Bertz CT molecular complexity index is 547. The maximum Gasteiger partial charge on any atom is 0.246 e. The van der Waals surface area contributed by atoms with Gasteiger partial charge >= 0.3 is 0 Å². The van der Waals surface area contributed by atoms with Crippen molar-refractivity contribution < 1.29 is 18.3 Å². The van der Waals surface area contributed by atoms with Crippen molar-refractivity contribution in [2.24, 2.45) is 5.92 Å². The third-order valence-corrected chi connectivity index (χ3v) is 5.25. The quantitative estimate of drug-likeness (QED) is 0.805. The minimum atomic E-state index is -3.87. The second-order valence-corrected chi connectivity index (χ2v) is 6.63. The van der Waals surface area contributed by atoms with Gasteiger partial charge < -0.3 is 9.84 Å². The van der Waals surface area contributed by atoms with Gasteiger partial charge in [-0.2, -0.15) is 0 Å². The van der Waals surface area contributed by atoms with Gasteiger partial charge in [-0.3, -0.25) is 0 Å². The fourth-order valence-electron chi connectivity index (χ4n) is 1.79. The van der Waals surface area contributed by atoms with E-state index in [0.717, 1.165) is 6.42 Å². The molecule has 20 heavy (non-hydrogen) atoms. The summed E-state index contributed by atoms with van der Waals surface area (Å²) in [6.45, 7) is 3.52.